The van der Waals surface area contributed by atoms with Gasteiger partial charge in [-0.3, -0.25) is 14.9 Å². The fourth-order valence-electron chi connectivity index (χ4n) is 2.67. The number of carbonyl (C=O) groups is 1. The van der Waals surface area contributed by atoms with Gasteiger partial charge in [0.15, 0.2) is 4.90 Å². The third-order valence-electron chi connectivity index (χ3n) is 3.83. The summed E-state index contributed by atoms with van der Waals surface area (Å²) in [5, 5.41) is 13.7. The molecule has 1 amide bonds. The smallest absolute Gasteiger partial charge is 0.289 e. The Morgan fingerprint density at radius 3 is 2.92 bits per heavy atom. The predicted octanol–water partition coefficient (Wildman–Crippen LogP) is 0.331. The molecule has 11 heteroatoms. The molecule has 2 aromatic rings. The van der Waals surface area contributed by atoms with Crippen LogP contribution in [0.1, 0.15) is 18.3 Å². The van der Waals surface area contributed by atoms with Crippen molar-refractivity contribution in [3.8, 4) is 0 Å². The molecule has 0 saturated carbocycles. The van der Waals surface area contributed by atoms with Crippen molar-refractivity contribution in [1.82, 2.24) is 19.6 Å². The van der Waals surface area contributed by atoms with Crippen LogP contribution >= 0.6 is 0 Å². The van der Waals surface area contributed by atoms with Gasteiger partial charge in [0.05, 0.1) is 17.5 Å². The molecule has 0 spiro atoms. The molecule has 1 aromatic carbocycles. The lowest BCUT2D eigenvalue weighted by Gasteiger charge is -2.12. The number of hydrogen-bond donors (Lipinski definition) is 2. The van der Waals surface area contributed by atoms with Gasteiger partial charge in [0.25, 0.3) is 5.69 Å². The van der Waals surface area contributed by atoms with E-state index in [0.29, 0.717) is 6.42 Å². The lowest BCUT2D eigenvalue weighted by molar-refractivity contribution is -0.387. The first-order valence-electron chi connectivity index (χ1n) is 7.42. The molecule has 1 unspecified atom stereocenters. The molecule has 10 nitrogen and oxygen atoms in total. The molecule has 0 radical (unpaired) electrons. The third kappa shape index (κ3) is 3.51. The van der Waals surface area contributed by atoms with Crippen LogP contribution in [-0.2, 0) is 21.4 Å². The number of carbonyl (C=O) groups excluding carboxylic acids is 1. The Kier molecular flexibility index (Phi) is 4.51. The molecule has 2 N–H and O–H groups in total. The van der Waals surface area contributed by atoms with Crippen LogP contribution in [0, 0.1) is 10.1 Å². The van der Waals surface area contributed by atoms with Crippen LogP contribution in [0.15, 0.2) is 41.6 Å². The highest BCUT2D eigenvalue weighted by molar-refractivity contribution is 7.89. The Bertz CT molecular complexity index is 923. The number of hydrogen-bond acceptors (Lipinski definition) is 6. The molecule has 1 aromatic heterocycles. The van der Waals surface area contributed by atoms with Crippen molar-refractivity contribution in [2.75, 3.05) is 6.54 Å². The van der Waals surface area contributed by atoms with Crippen molar-refractivity contribution in [3.63, 3.8) is 0 Å². The molecule has 0 aliphatic carbocycles. The molecule has 1 aliphatic rings. The molecule has 1 atom stereocenters. The van der Waals surface area contributed by atoms with Gasteiger partial charge in [-0.05, 0) is 12.5 Å². The Morgan fingerprint density at radius 2 is 2.16 bits per heavy atom. The minimum Gasteiger partial charge on any atom is -0.345 e. The molecule has 0 bridgehead atoms. The summed E-state index contributed by atoms with van der Waals surface area (Å²) >= 11 is 0. The third-order valence-corrected chi connectivity index (χ3v) is 5.28. The van der Waals surface area contributed by atoms with E-state index >= 15 is 0 Å². The zero-order valence-corrected chi connectivity index (χ0v) is 13.8. The minimum absolute atomic E-state index is 0.280. The molecule has 2 heterocycles. The number of sulfonamides is 1. The fourth-order valence-corrected chi connectivity index (χ4v) is 3.83. The van der Waals surface area contributed by atoms with E-state index in [4.69, 9.17) is 0 Å². The predicted molar refractivity (Wildman–Crippen MR) is 86.0 cm³/mol. The summed E-state index contributed by atoms with van der Waals surface area (Å²) in [6, 6.07) is 4.67. The van der Waals surface area contributed by atoms with E-state index < -0.39 is 38.0 Å². The summed E-state index contributed by atoms with van der Waals surface area (Å²) in [6.45, 7) is 0.202. The van der Waals surface area contributed by atoms with E-state index in [1.165, 1.54) is 12.1 Å². The van der Waals surface area contributed by atoms with Gasteiger partial charge in [-0.25, -0.2) is 18.1 Å². The second-order valence-electron chi connectivity index (χ2n) is 5.44. The van der Waals surface area contributed by atoms with Crippen molar-refractivity contribution in [3.05, 3.63) is 52.6 Å². The zero-order chi connectivity index (χ0) is 18.0. The van der Waals surface area contributed by atoms with Crippen LogP contribution in [0.3, 0.4) is 0 Å². The number of para-hydroxylation sites is 1. The number of nitrogens with one attached hydrogen (secondary N) is 2. The van der Waals surface area contributed by atoms with Gasteiger partial charge >= 0.3 is 0 Å². The summed E-state index contributed by atoms with van der Waals surface area (Å²) in [6.07, 6.45) is 4.11. The molecular formula is C14H15N5O5S. The summed E-state index contributed by atoms with van der Waals surface area (Å²) in [4.78, 5) is 25.9. The average molecular weight is 365 g/mol. The van der Waals surface area contributed by atoms with Crippen LogP contribution < -0.4 is 10.0 Å². The van der Waals surface area contributed by atoms with Gasteiger partial charge in [0.1, 0.15) is 5.82 Å². The number of fused-ring (bicyclic) bond motifs is 1. The normalized spacial score (nSPS) is 16.4. The first kappa shape index (κ1) is 17.0. The minimum atomic E-state index is -4.19. The van der Waals surface area contributed by atoms with Gasteiger partial charge in [0, 0.05) is 25.0 Å². The Morgan fingerprint density at radius 1 is 1.40 bits per heavy atom. The van der Waals surface area contributed by atoms with Crippen LogP contribution in [0.25, 0.3) is 0 Å². The number of nitro groups is 1. The van der Waals surface area contributed by atoms with E-state index in [2.05, 4.69) is 15.0 Å². The largest absolute Gasteiger partial charge is 0.345 e. The summed E-state index contributed by atoms with van der Waals surface area (Å²) in [5.41, 5.74) is -0.548. The van der Waals surface area contributed by atoms with Gasteiger partial charge in [-0.2, -0.15) is 0 Å². The second-order valence-corrected chi connectivity index (χ2v) is 7.17. The maximum absolute atomic E-state index is 12.2. The Labute approximate surface area is 143 Å². The maximum Gasteiger partial charge on any atom is 0.289 e. The molecule has 25 heavy (non-hydrogen) atoms. The number of amides is 1. The lowest BCUT2D eigenvalue weighted by Crippen LogP contribution is -2.38. The number of imidazole rings is 1. The summed E-state index contributed by atoms with van der Waals surface area (Å²) < 4.78 is 28.5. The van der Waals surface area contributed by atoms with Crippen molar-refractivity contribution in [2.45, 2.75) is 23.9 Å². The SMILES string of the molecule is O=C(CNS(=O)(=O)c1ccccc1[N+](=O)[O-])NC1CCn2ccnc21. The molecule has 3 rings (SSSR count). The molecule has 0 saturated heterocycles. The fraction of sp³-hybridized carbons (Fsp3) is 0.286. The van der Waals surface area contributed by atoms with Crippen molar-refractivity contribution in [1.29, 1.82) is 0 Å². The average Bonchev–Trinajstić information content (AvgIpc) is 3.18. The monoisotopic (exact) mass is 365 g/mol. The van der Waals surface area contributed by atoms with Gasteiger partial charge in [-0.15, -0.1) is 0 Å². The van der Waals surface area contributed by atoms with E-state index in [1.54, 1.807) is 12.4 Å². The number of aromatic nitrogens is 2. The number of benzene rings is 1. The zero-order valence-electron chi connectivity index (χ0n) is 13.0. The van der Waals surface area contributed by atoms with E-state index in [9.17, 15) is 23.3 Å². The van der Waals surface area contributed by atoms with E-state index in [0.717, 1.165) is 24.5 Å². The number of aryl methyl sites for hydroxylation is 1. The Balaban J connectivity index is 1.65. The molecular weight excluding hydrogens is 350 g/mol. The van der Waals surface area contributed by atoms with Gasteiger partial charge in [0.2, 0.25) is 15.9 Å². The number of nitro benzene ring substituents is 1. The lowest BCUT2D eigenvalue weighted by atomic mass is 10.2. The van der Waals surface area contributed by atoms with Crippen molar-refractivity contribution in [2.24, 2.45) is 0 Å². The molecule has 132 valence electrons. The number of nitrogens with zero attached hydrogens (tertiary/aromatic N) is 3. The van der Waals surface area contributed by atoms with E-state index in [1.807, 2.05) is 4.57 Å². The second kappa shape index (κ2) is 6.61. The molecule has 0 fully saturated rings. The Hall–Kier alpha value is -2.79. The highest BCUT2D eigenvalue weighted by Gasteiger charge is 2.28. The van der Waals surface area contributed by atoms with E-state index in [-0.39, 0.29) is 6.04 Å². The quantitative estimate of drug-likeness (QED) is 0.559. The van der Waals surface area contributed by atoms with Gasteiger partial charge < -0.3 is 9.88 Å². The van der Waals surface area contributed by atoms with Crippen molar-refractivity contribution < 1.29 is 18.1 Å². The highest BCUT2D eigenvalue weighted by atomic mass is 32.2. The van der Waals surface area contributed by atoms with Gasteiger partial charge in [-0.1, -0.05) is 12.1 Å². The summed E-state index contributed by atoms with van der Waals surface area (Å²) in [7, 11) is -4.19. The standard InChI is InChI=1S/C14H15N5O5S/c20-13(17-10-5-7-18-8-6-15-14(10)18)9-16-25(23,24)12-4-2-1-3-11(12)19(21)22/h1-4,6,8,10,16H,5,7,9H2,(H,17,20). The summed E-state index contributed by atoms with van der Waals surface area (Å²) in [5.74, 6) is 0.179. The maximum atomic E-state index is 12.2. The van der Waals surface area contributed by atoms with Crippen LogP contribution in [0.5, 0.6) is 0 Å². The first-order valence-corrected chi connectivity index (χ1v) is 8.90. The highest BCUT2D eigenvalue weighted by Crippen LogP contribution is 2.24. The molecule has 1 aliphatic heterocycles. The first-order chi connectivity index (χ1) is 11.9. The van der Waals surface area contributed by atoms with Crippen molar-refractivity contribution >= 4 is 21.6 Å². The van der Waals surface area contributed by atoms with Crippen LogP contribution in [0.2, 0.25) is 0 Å². The van der Waals surface area contributed by atoms with Crippen LogP contribution in [-0.4, -0.2) is 35.3 Å². The number of rotatable bonds is 6. The van der Waals surface area contributed by atoms with Crippen LogP contribution in [0.4, 0.5) is 5.69 Å². The topological polar surface area (TPSA) is 136 Å².